The summed E-state index contributed by atoms with van der Waals surface area (Å²) in [4.78, 5) is 7.79. The van der Waals surface area contributed by atoms with Gasteiger partial charge in [-0.3, -0.25) is 0 Å². The Kier molecular flexibility index (Phi) is 4.10. The highest BCUT2D eigenvalue weighted by atomic mass is 35.5. The van der Waals surface area contributed by atoms with Crippen LogP contribution < -0.4 is 11.1 Å². The zero-order valence-electron chi connectivity index (χ0n) is 8.37. The number of halogens is 1. The van der Waals surface area contributed by atoms with Gasteiger partial charge in [0.2, 0.25) is 0 Å². The van der Waals surface area contributed by atoms with Crippen molar-refractivity contribution >= 4 is 17.4 Å². The molecule has 0 aromatic carbocycles. The molecule has 0 amide bonds. The molecule has 1 aromatic rings. The molecule has 1 aromatic heterocycles. The third kappa shape index (κ3) is 3.12. The molecule has 4 nitrogen and oxygen atoms in total. The lowest BCUT2D eigenvalue weighted by Crippen LogP contribution is -2.34. The maximum atomic E-state index is 5.87. The molecule has 3 N–H and O–H groups in total. The Morgan fingerprint density at radius 1 is 1.57 bits per heavy atom. The summed E-state index contributed by atoms with van der Waals surface area (Å²) >= 11 is 5.86. The van der Waals surface area contributed by atoms with Crippen LogP contribution in [0.2, 0.25) is 5.02 Å². The highest BCUT2D eigenvalue weighted by Gasteiger charge is 2.08. The maximum Gasteiger partial charge on any atom is 0.148 e. The number of nitrogens with zero attached hydrogens (tertiary/aromatic N) is 2. The minimum Gasteiger partial charge on any atom is -0.367 e. The molecular formula is C9H15ClN4. The van der Waals surface area contributed by atoms with E-state index >= 15 is 0 Å². The standard InChI is InChI=1S/C9H15ClN4/c1-6(2)8(11)4-13-9-7(10)3-12-5-14-9/h3,5-6,8H,4,11H2,1-2H3,(H,12,13,14). The third-order valence-electron chi connectivity index (χ3n) is 2.03. The smallest absolute Gasteiger partial charge is 0.148 e. The van der Waals surface area contributed by atoms with Gasteiger partial charge >= 0.3 is 0 Å². The molecule has 0 aliphatic carbocycles. The van der Waals surface area contributed by atoms with Gasteiger partial charge in [-0.15, -0.1) is 0 Å². The lowest BCUT2D eigenvalue weighted by molar-refractivity contribution is 0.511. The molecule has 0 saturated carbocycles. The molecule has 1 rings (SSSR count). The summed E-state index contributed by atoms with van der Waals surface area (Å²) in [5.41, 5.74) is 5.87. The van der Waals surface area contributed by atoms with Crippen LogP contribution in [0.3, 0.4) is 0 Å². The topological polar surface area (TPSA) is 63.8 Å². The molecule has 0 radical (unpaired) electrons. The zero-order valence-corrected chi connectivity index (χ0v) is 9.12. The summed E-state index contributed by atoms with van der Waals surface area (Å²) < 4.78 is 0. The average Bonchev–Trinajstić information content (AvgIpc) is 2.16. The fourth-order valence-corrected chi connectivity index (χ4v) is 1.06. The van der Waals surface area contributed by atoms with Gasteiger partial charge in [-0.2, -0.15) is 0 Å². The number of hydrogen-bond donors (Lipinski definition) is 2. The highest BCUT2D eigenvalue weighted by molar-refractivity contribution is 6.32. The summed E-state index contributed by atoms with van der Waals surface area (Å²) in [6.45, 7) is 4.82. The molecule has 1 unspecified atom stereocenters. The normalized spacial score (nSPS) is 12.9. The first-order valence-electron chi connectivity index (χ1n) is 4.56. The van der Waals surface area contributed by atoms with Crippen molar-refractivity contribution in [1.29, 1.82) is 0 Å². The lowest BCUT2D eigenvalue weighted by Gasteiger charge is -2.16. The molecule has 0 bridgehead atoms. The van der Waals surface area contributed by atoms with Gasteiger partial charge in [0.05, 0.1) is 6.20 Å². The number of nitrogens with one attached hydrogen (secondary N) is 1. The van der Waals surface area contributed by atoms with Crippen molar-refractivity contribution < 1.29 is 0 Å². The second kappa shape index (κ2) is 5.12. The van der Waals surface area contributed by atoms with E-state index in [0.29, 0.717) is 23.3 Å². The minimum atomic E-state index is 0.0982. The molecule has 0 spiro atoms. The Bertz CT molecular complexity index is 290. The molecule has 0 aliphatic heterocycles. The SMILES string of the molecule is CC(C)C(N)CNc1ncncc1Cl. The molecule has 78 valence electrons. The van der Waals surface area contributed by atoms with Crippen molar-refractivity contribution in [3.63, 3.8) is 0 Å². The number of aromatic nitrogens is 2. The van der Waals surface area contributed by atoms with E-state index in [2.05, 4.69) is 29.1 Å². The van der Waals surface area contributed by atoms with E-state index in [1.165, 1.54) is 6.33 Å². The summed E-state index contributed by atoms with van der Waals surface area (Å²) in [5, 5.41) is 3.60. The van der Waals surface area contributed by atoms with Crippen molar-refractivity contribution in [2.45, 2.75) is 19.9 Å². The number of hydrogen-bond acceptors (Lipinski definition) is 4. The fraction of sp³-hybridized carbons (Fsp3) is 0.556. The Labute approximate surface area is 88.9 Å². The monoisotopic (exact) mass is 214 g/mol. The predicted octanol–water partition coefficient (Wildman–Crippen LogP) is 1.53. The summed E-state index contributed by atoms with van der Waals surface area (Å²) in [6, 6.07) is 0.0982. The number of anilines is 1. The molecule has 5 heteroatoms. The molecule has 1 heterocycles. The van der Waals surface area contributed by atoms with Gasteiger partial charge in [-0.1, -0.05) is 25.4 Å². The van der Waals surface area contributed by atoms with E-state index in [-0.39, 0.29) is 6.04 Å². The van der Waals surface area contributed by atoms with Gasteiger partial charge in [0.25, 0.3) is 0 Å². The van der Waals surface area contributed by atoms with E-state index in [9.17, 15) is 0 Å². The first-order valence-corrected chi connectivity index (χ1v) is 4.94. The molecular weight excluding hydrogens is 200 g/mol. The van der Waals surface area contributed by atoms with E-state index in [4.69, 9.17) is 17.3 Å². The van der Waals surface area contributed by atoms with Crippen molar-refractivity contribution in [3.8, 4) is 0 Å². The Morgan fingerprint density at radius 2 is 2.29 bits per heavy atom. The van der Waals surface area contributed by atoms with Crippen LogP contribution >= 0.6 is 11.6 Å². The van der Waals surface area contributed by atoms with Crippen LogP contribution in [0.4, 0.5) is 5.82 Å². The van der Waals surface area contributed by atoms with Gasteiger partial charge in [0, 0.05) is 12.6 Å². The minimum absolute atomic E-state index is 0.0982. The van der Waals surface area contributed by atoms with Crippen molar-refractivity contribution in [2.24, 2.45) is 11.7 Å². The Hall–Kier alpha value is -0.870. The maximum absolute atomic E-state index is 5.87. The van der Waals surface area contributed by atoms with Crippen LogP contribution in [-0.4, -0.2) is 22.6 Å². The van der Waals surface area contributed by atoms with E-state index in [1.807, 2.05) is 0 Å². The molecule has 14 heavy (non-hydrogen) atoms. The fourth-order valence-electron chi connectivity index (χ4n) is 0.893. The molecule has 0 fully saturated rings. The Morgan fingerprint density at radius 3 is 2.86 bits per heavy atom. The van der Waals surface area contributed by atoms with Crippen molar-refractivity contribution in [1.82, 2.24) is 9.97 Å². The second-order valence-corrected chi connectivity index (χ2v) is 3.92. The van der Waals surface area contributed by atoms with E-state index in [1.54, 1.807) is 6.20 Å². The van der Waals surface area contributed by atoms with Gasteiger partial charge in [-0.25, -0.2) is 9.97 Å². The van der Waals surface area contributed by atoms with Crippen molar-refractivity contribution in [2.75, 3.05) is 11.9 Å². The quantitative estimate of drug-likeness (QED) is 0.798. The van der Waals surface area contributed by atoms with Gasteiger partial charge < -0.3 is 11.1 Å². The molecule has 0 saturated heterocycles. The molecule has 0 aliphatic rings. The summed E-state index contributed by atoms with van der Waals surface area (Å²) in [5.74, 6) is 1.07. The average molecular weight is 215 g/mol. The van der Waals surface area contributed by atoms with Gasteiger partial charge in [0.1, 0.15) is 17.2 Å². The number of nitrogens with two attached hydrogens (primary N) is 1. The van der Waals surface area contributed by atoms with Crippen LogP contribution in [0.1, 0.15) is 13.8 Å². The largest absolute Gasteiger partial charge is 0.367 e. The van der Waals surface area contributed by atoms with E-state index < -0.39 is 0 Å². The first kappa shape index (κ1) is 11.2. The molecule has 1 atom stereocenters. The van der Waals surface area contributed by atoms with Crippen LogP contribution in [0.5, 0.6) is 0 Å². The predicted molar refractivity (Wildman–Crippen MR) is 58.3 cm³/mol. The van der Waals surface area contributed by atoms with Crippen molar-refractivity contribution in [3.05, 3.63) is 17.5 Å². The Balaban J connectivity index is 2.50. The van der Waals surface area contributed by atoms with Crippen LogP contribution in [0.15, 0.2) is 12.5 Å². The third-order valence-corrected chi connectivity index (χ3v) is 2.31. The van der Waals surface area contributed by atoms with Gasteiger partial charge in [0.15, 0.2) is 0 Å². The van der Waals surface area contributed by atoms with Gasteiger partial charge in [-0.05, 0) is 5.92 Å². The summed E-state index contributed by atoms with van der Waals surface area (Å²) in [6.07, 6.45) is 3.01. The van der Waals surface area contributed by atoms with Crippen LogP contribution in [-0.2, 0) is 0 Å². The van der Waals surface area contributed by atoms with Crippen LogP contribution in [0, 0.1) is 5.92 Å². The first-order chi connectivity index (χ1) is 6.61. The van der Waals surface area contributed by atoms with E-state index in [0.717, 1.165) is 0 Å². The highest BCUT2D eigenvalue weighted by Crippen LogP contribution is 2.15. The lowest BCUT2D eigenvalue weighted by atomic mass is 10.1. The van der Waals surface area contributed by atoms with Crippen LogP contribution in [0.25, 0.3) is 0 Å². The summed E-state index contributed by atoms with van der Waals surface area (Å²) in [7, 11) is 0. The zero-order chi connectivity index (χ0) is 10.6. The second-order valence-electron chi connectivity index (χ2n) is 3.51. The number of rotatable bonds is 4.